The third kappa shape index (κ3) is 9.33. The van der Waals surface area contributed by atoms with Gasteiger partial charge >= 0.3 is 5.97 Å². The molecular weight excluding hydrogens is 551 g/mol. The quantitative estimate of drug-likeness (QED) is 0.302. The van der Waals surface area contributed by atoms with Crippen molar-refractivity contribution in [3.8, 4) is 11.5 Å². The first kappa shape index (κ1) is 29.4. The number of anilines is 1. The van der Waals surface area contributed by atoms with Crippen molar-refractivity contribution in [1.29, 1.82) is 0 Å². The molecule has 0 spiro atoms. The standard InChI is InChI=1S/C27H28Cl2N2O6S/c1-27(2,3)37-25(32)14-17-5-12-24(19(13-17)16-30-38(4,34)35)36-21-9-6-18(7-10-21)26(33)31-20-8-11-22(28)23(29)15-20/h5-13,15,30H,14,16H2,1-4H3,(H,31,33). The largest absolute Gasteiger partial charge is 0.460 e. The van der Waals surface area contributed by atoms with Crippen LogP contribution in [0.3, 0.4) is 0 Å². The molecule has 38 heavy (non-hydrogen) atoms. The van der Waals surface area contributed by atoms with Crippen LogP contribution in [-0.2, 0) is 32.5 Å². The first-order chi connectivity index (χ1) is 17.7. The van der Waals surface area contributed by atoms with E-state index in [4.69, 9.17) is 32.7 Å². The molecule has 0 radical (unpaired) electrons. The second-order valence-corrected chi connectivity index (χ2v) is 12.2. The molecule has 0 bridgehead atoms. The average molecular weight is 580 g/mol. The number of amides is 1. The first-order valence-corrected chi connectivity index (χ1v) is 14.2. The zero-order chi connectivity index (χ0) is 28.1. The van der Waals surface area contributed by atoms with Crippen molar-refractivity contribution in [2.24, 2.45) is 0 Å². The molecule has 0 aliphatic rings. The van der Waals surface area contributed by atoms with E-state index in [2.05, 4.69) is 10.0 Å². The smallest absolute Gasteiger partial charge is 0.310 e. The number of ether oxygens (including phenoxy) is 2. The van der Waals surface area contributed by atoms with Crippen LogP contribution in [0, 0.1) is 0 Å². The van der Waals surface area contributed by atoms with E-state index in [1.54, 1.807) is 81.4 Å². The van der Waals surface area contributed by atoms with Crippen LogP contribution in [0.1, 0.15) is 42.3 Å². The van der Waals surface area contributed by atoms with Gasteiger partial charge in [-0.05, 0) is 74.9 Å². The van der Waals surface area contributed by atoms with E-state index in [1.807, 2.05) is 0 Å². The Morgan fingerprint density at radius 1 is 0.921 bits per heavy atom. The lowest BCUT2D eigenvalue weighted by atomic mass is 10.1. The van der Waals surface area contributed by atoms with E-state index in [0.29, 0.717) is 43.9 Å². The Hall–Kier alpha value is -3.11. The highest BCUT2D eigenvalue weighted by Gasteiger charge is 2.18. The molecule has 0 aliphatic heterocycles. The van der Waals surface area contributed by atoms with Crippen LogP contribution in [0.25, 0.3) is 0 Å². The van der Waals surface area contributed by atoms with Crippen molar-refractivity contribution in [2.75, 3.05) is 11.6 Å². The molecule has 8 nitrogen and oxygen atoms in total. The van der Waals surface area contributed by atoms with Gasteiger partial charge in [0.05, 0.1) is 22.7 Å². The minimum atomic E-state index is -3.48. The lowest BCUT2D eigenvalue weighted by Gasteiger charge is -2.20. The summed E-state index contributed by atoms with van der Waals surface area (Å²) >= 11 is 11.9. The fraction of sp³-hybridized carbons (Fsp3) is 0.259. The second kappa shape index (κ2) is 12.2. The van der Waals surface area contributed by atoms with Gasteiger partial charge in [0.1, 0.15) is 17.1 Å². The summed E-state index contributed by atoms with van der Waals surface area (Å²) in [6.07, 6.45) is 1.08. The third-order valence-electron chi connectivity index (χ3n) is 4.94. The number of esters is 1. The van der Waals surface area contributed by atoms with Gasteiger partial charge in [-0.1, -0.05) is 35.3 Å². The monoisotopic (exact) mass is 578 g/mol. The minimum absolute atomic E-state index is 0.0199. The Kier molecular flexibility index (Phi) is 9.43. The molecule has 2 N–H and O–H groups in total. The second-order valence-electron chi connectivity index (χ2n) is 9.51. The molecule has 0 aliphatic carbocycles. The Morgan fingerprint density at radius 2 is 1.61 bits per heavy atom. The van der Waals surface area contributed by atoms with E-state index >= 15 is 0 Å². The van der Waals surface area contributed by atoms with Gasteiger partial charge in [-0.15, -0.1) is 0 Å². The maximum atomic E-state index is 12.6. The number of carbonyl (C=O) groups excluding carboxylic acids is 2. The lowest BCUT2D eigenvalue weighted by molar-refractivity contribution is -0.153. The zero-order valence-electron chi connectivity index (χ0n) is 21.3. The zero-order valence-corrected chi connectivity index (χ0v) is 23.6. The highest BCUT2D eigenvalue weighted by Crippen LogP contribution is 2.28. The lowest BCUT2D eigenvalue weighted by Crippen LogP contribution is -2.25. The summed E-state index contributed by atoms with van der Waals surface area (Å²) in [5.41, 5.74) is 1.43. The van der Waals surface area contributed by atoms with Crippen molar-refractivity contribution in [3.63, 3.8) is 0 Å². The summed E-state index contributed by atoms with van der Waals surface area (Å²) in [5.74, 6) is 0.0704. The number of nitrogens with one attached hydrogen (secondary N) is 2. The van der Waals surface area contributed by atoms with Crippen molar-refractivity contribution >= 4 is 50.8 Å². The predicted octanol–water partition coefficient (Wildman–Crippen LogP) is 5.97. The number of rotatable bonds is 9. The van der Waals surface area contributed by atoms with Gasteiger partial charge in [-0.2, -0.15) is 0 Å². The van der Waals surface area contributed by atoms with Gasteiger partial charge < -0.3 is 14.8 Å². The molecule has 3 aromatic rings. The average Bonchev–Trinajstić information content (AvgIpc) is 2.80. The van der Waals surface area contributed by atoms with Crippen molar-refractivity contribution in [2.45, 2.75) is 39.3 Å². The van der Waals surface area contributed by atoms with Gasteiger partial charge in [0.2, 0.25) is 10.0 Å². The van der Waals surface area contributed by atoms with Crippen LogP contribution in [0.15, 0.2) is 60.7 Å². The van der Waals surface area contributed by atoms with Gasteiger partial charge in [0.15, 0.2) is 0 Å². The summed E-state index contributed by atoms with van der Waals surface area (Å²) < 4.78 is 37.2. The van der Waals surface area contributed by atoms with Crippen LogP contribution in [-0.4, -0.2) is 32.2 Å². The molecule has 0 unspecified atom stereocenters. The van der Waals surface area contributed by atoms with Crippen LogP contribution in [0.4, 0.5) is 5.69 Å². The first-order valence-electron chi connectivity index (χ1n) is 11.5. The van der Waals surface area contributed by atoms with E-state index < -0.39 is 21.6 Å². The predicted molar refractivity (Wildman–Crippen MR) is 149 cm³/mol. The molecule has 202 valence electrons. The molecule has 3 rings (SSSR count). The Labute approximate surface area is 232 Å². The third-order valence-corrected chi connectivity index (χ3v) is 6.35. The summed E-state index contributed by atoms with van der Waals surface area (Å²) in [5, 5.41) is 3.46. The molecule has 0 fully saturated rings. The summed E-state index contributed by atoms with van der Waals surface area (Å²) in [6, 6.07) is 16.3. The molecule has 0 aromatic heterocycles. The Bertz CT molecular complexity index is 1430. The summed E-state index contributed by atoms with van der Waals surface area (Å²) in [6.45, 7) is 5.31. The van der Waals surface area contributed by atoms with E-state index in [9.17, 15) is 18.0 Å². The van der Waals surface area contributed by atoms with Gasteiger partial charge in [0, 0.05) is 23.4 Å². The molecule has 0 atom stereocenters. The number of sulfonamides is 1. The summed E-state index contributed by atoms with van der Waals surface area (Å²) in [4.78, 5) is 24.9. The molecule has 11 heteroatoms. The Balaban J connectivity index is 1.76. The fourth-order valence-corrected chi connectivity index (χ4v) is 4.03. The highest BCUT2D eigenvalue weighted by molar-refractivity contribution is 7.88. The Morgan fingerprint density at radius 3 is 2.21 bits per heavy atom. The van der Waals surface area contributed by atoms with Crippen molar-refractivity contribution in [3.05, 3.63) is 87.4 Å². The number of benzene rings is 3. The van der Waals surface area contributed by atoms with Crippen molar-refractivity contribution in [1.82, 2.24) is 4.72 Å². The SMILES string of the molecule is CC(C)(C)OC(=O)Cc1ccc(Oc2ccc(C(=O)Nc3ccc(Cl)c(Cl)c3)cc2)c(CNS(C)(=O)=O)c1. The van der Waals surface area contributed by atoms with E-state index in [0.717, 1.165) is 6.26 Å². The highest BCUT2D eigenvalue weighted by atomic mass is 35.5. The van der Waals surface area contributed by atoms with Gasteiger partial charge in [-0.3, -0.25) is 9.59 Å². The molecule has 0 heterocycles. The van der Waals surface area contributed by atoms with E-state index in [-0.39, 0.29) is 18.9 Å². The van der Waals surface area contributed by atoms with Crippen LogP contribution in [0.5, 0.6) is 11.5 Å². The van der Waals surface area contributed by atoms with Crippen molar-refractivity contribution < 1.29 is 27.5 Å². The van der Waals surface area contributed by atoms with Crippen LogP contribution >= 0.6 is 23.2 Å². The molecule has 0 saturated heterocycles. The van der Waals surface area contributed by atoms with Crippen LogP contribution in [0.2, 0.25) is 10.0 Å². The molecular formula is C27H28Cl2N2O6S. The topological polar surface area (TPSA) is 111 Å². The number of hydrogen-bond acceptors (Lipinski definition) is 6. The molecule has 1 amide bonds. The minimum Gasteiger partial charge on any atom is -0.460 e. The van der Waals surface area contributed by atoms with Gasteiger partial charge in [0.25, 0.3) is 5.91 Å². The van der Waals surface area contributed by atoms with Crippen LogP contribution < -0.4 is 14.8 Å². The number of halogens is 2. The molecule has 0 saturated carbocycles. The normalized spacial score (nSPS) is 11.6. The molecule has 3 aromatic carbocycles. The van der Waals surface area contributed by atoms with E-state index in [1.165, 1.54) is 0 Å². The maximum absolute atomic E-state index is 12.6. The fourth-order valence-electron chi connectivity index (χ4n) is 3.31. The summed E-state index contributed by atoms with van der Waals surface area (Å²) in [7, 11) is -3.48. The van der Waals surface area contributed by atoms with Gasteiger partial charge in [-0.25, -0.2) is 13.1 Å². The number of hydrogen-bond donors (Lipinski definition) is 2. The maximum Gasteiger partial charge on any atom is 0.310 e. The number of carbonyl (C=O) groups is 2.